The van der Waals surface area contributed by atoms with Crippen molar-refractivity contribution >= 4 is 5.91 Å². The number of hydrogen-bond donors (Lipinski definition) is 1. The van der Waals surface area contributed by atoms with E-state index in [1.807, 2.05) is 31.2 Å². The van der Waals surface area contributed by atoms with Crippen LogP contribution >= 0.6 is 0 Å². The average Bonchev–Trinajstić information content (AvgIpc) is 2.85. The van der Waals surface area contributed by atoms with Gasteiger partial charge in [-0.3, -0.25) is 4.79 Å². The highest BCUT2D eigenvalue weighted by molar-refractivity contribution is 5.93. The molecule has 1 aromatic heterocycles. The van der Waals surface area contributed by atoms with E-state index in [0.29, 0.717) is 30.5 Å². The van der Waals surface area contributed by atoms with Gasteiger partial charge in [-0.15, -0.1) is 0 Å². The molecular formula is C16H20N2O3. The smallest absolute Gasteiger partial charge is 0.273 e. The van der Waals surface area contributed by atoms with Crippen LogP contribution in [0.2, 0.25) is 0 Å². The summed E-state index contributed by atoms with van der Waals surface area (Å²) >= 11 is 0. The van der Waals surface area contributed by atoms with Crippen molar-refractivity contribution in [2.24, 2.45) is 0 Å². The van der Waals surface area contributed by atoms with Crippen LogP contribution in [0.1, 0.15) is 28.2 Å². The Morgan fingerprint density at radius 1 is 1.38 bits per heavy atom. The van der Waals surface area contributed by atoms with Gasteiger partial charge in [-0.2, -0.15) is 0 Å². The van der Waals surface area contributed by atoms with E-state index in [0.717, 1.165) is 17.5 Å². The van der Waals surface area contributed by atoms with Crippen LogP contribution in [0, 0.1) is 13.8 Å². The standard InChI is InChI=1S/C16H20N2O3/c1-11-6-4-7-13(10-11)16-18-14(12(2)21-16)15(19)17-8-5-9-20-3/h4,6-7,10H,5,8-9H2,1-3H3,(H,17,19). The Balaban J connectivity index is 2.10. The lowest BCUT2D eigenvalue weighted by molar-refractivity contribution is 0.0943. The molecule has 112 valence electrons. The number of benzene rings is 1. The Bertz CT molecular complexity index is 620. The van der Waals surface area contributed by atoms with Crippen LogP contribution in [0.25, 0.3) is 11.5 Å². The van der Waals surface area contributed by atoms with Crippen LogP contribution < -0.4 is 5.32 Å². The fraction of sp³-hybridized carbons (Fsp3) is 0.375. The highest BCUT2D eigenvalue weighted by Gasteiger charge is 2.17. The SMILES string of the molecule is COCCCNC(=O)c1nc(-c2cccc(C)c2)oc1C. The lowest BCUT2D eigenvalue weighted by Crippen LogP contribution is -2.26. The number of aryl methyl sites for hydroxylation is 2. The highest BCUT2D eigenvalue weighted by atomic mass is 16.5. The molecule has 0 spiro atoms. The van der Waals surface area contributed by atoms with Crippen LogP contribution in [0.5, 0.6) is 0 Å². The second kappa shape index (κ2) is 7.04. The lowest BCUT2D eigenvalue weighted by Gasteiger charge is -2.02. The Hall–Kier alpha value is -2.14. The van der Waals surface area contributed by atoms with E-state index in [1.54, 1.807) is 14.0 Å². The number of hydrogen-bond acceptors (Lipinski definition) is 4. The van der Waals surface area contributed by atoms with Gasteiger partial charge in [0, 0.05) is 25.8 Å². The summed E-state index contributed by atoms with van der Waals surface area (Å²) in [6.07, 6.45) is 0.768. The first-order valence-corrected chi connectivity index (χ1v) is 6.93. The second-order valence-electron chi connectivity index (χ2n) is 4.90. The zero-order chi connectivity index (χ0) is 15.2. The largest absolute Gasteiger partial charge is 0.441 e. The van der Waals surface area contributed by atoms with E-state index < -0.39 is 0 Å². The third-order valence-corrected chi connectivity index (χ3v) is 3.09. The maximum Gasteiger partial charge on any atom is 0.273 e. The van der Waals surface area contributed by atoms with Crippen molar-refractivity contribution in [3.8, 4) is 11.5 Å². The molecule has 0 aliphatic heterocycles. The zero-order valence-corrected chi connectivity index (χ0v) is 12.6. The lowest BCUT2D eigenvalue weighted by atomic mass is 10.1. The Kier molecular flexibility index (Phi) is 5.11. The maximum atomic E-state index is 12.1. The minimum absolute atomic E-state index is 0.216. The van der Waals surface area contributed by atoms with Crippen molar-refractivity contribution in [3.63, 3.8) is 0 Å². The minimum Gasteiger partial charge on any atom is -0.441 e. The summed E-state index contributed by atoms with van der Waals surface area (Å²) in [5.41, 5.74) is 2.33. The van der Waals surface area contributed by atoms with Crippen molar-refractivity contribution in [1.82, 2.24) is 10.3 Å². The van der Waals surface area contributed by atoms with E-state index in [9.17, 15) is 4.79 Å². The second-order valence-corrected chi connectivity index (χ2v) is 4.90. The molecule has 0 radical (unpaired) electrons. The minimum atomic E-state index is -0.216. The van der Waals surface area contributed by atoms with E-state index in [2.05, 4.69) is 10.3 Å². The monoisotopic (exact) mass is 288 g/mol. The van der Waals surface area contributed by atoms with Crippen molar-refractivity contribution in [2.45, 2.75) is 20.3 Å². The molecule has 5 heteroatoms. The van der Waals surface area contributed by atoms with Gasteiger partial charge in [0.15, 0.2) is 5.69 Å². The van der Waals surface area contributed by atoms with Gasteiger partial charge in [-0.05, 0) is 32.4 Å². The van der Waals surface area contributed by atoms with Crippen LogP contribution in [-0.4, -0.2) is 31.2 Å². The summed E-state index contributed by atoms with van der Waals surface area (Å²) in [5, 5.41) is 2.81. The summed E-state index contributed by atoms with van der Waals surface area (Å²) in [7, 11) is 1.64. The Morgan fingerprint density at radius 3 is 2.90 bits per heavy atom. The molecule has 0 saturated heterocycles. The molecule has 1 amide bonds. The van der Waals surface area contributed by atoms with E-state index >= 15 is 0 Å². The van der Waals surface area contributed by atoms with Crippen molar-refractivity contribution in [2.75, 3.05) is 20.3 Å². The predicted molar refractivity (Wildman–Crippen MR) is 80.2 cm³/mol. The number of nitrogens with zero attached hydrogens (tertiary/aromatic N) is 1. The Labute approximate surface area is 124 Å². The number of ether oxygens (including phenoxy) is 1. The molecular weight excluding hydrogens is 268 g/mol. The molecule has 1 aromatic carbocycles. The number of nitrogens with one attached hydrogen (secondary N) is 1. The van der Waals surface area contributed by atoms with Crippen molar-refractivity contribution in [3.05, 3.63) is 41.3 Å². The summed E-state index contributed by atoms with van der Waals surface area (Å²) in [6.45, 7) is 4.92. The van der Waals surface area contributed by atoms with Crippen LogP contribution in [0.15, 0.2) is 28.7 Å². The number of rotatable bonds is 6. The van der Waals surface area contributed by atoms with Gasteiger partial charge in [0.05, 0.1) is 0 Å². The molecule has 0 bridgehead atoms. The average molecular weight is 288 g/mol. The molecule has 2 rings (SSSR count). The summed E-state index contributed by atoms with van der Waals surface area (Å²) in [4.78, 5) is 16.4. The van der Waals surface area contributed by atoms with E-state index in [-0.39, 0.29) is 5.91 Å². The molecule has 1 heterocycles. The summed E-state index contributed by atoms with van der Waals surface area (Å²) in [5.74, 6) is 0.778. The quantitative estimate of drug-likeness (QED) is 0.830. The number of carbonyl (C=O) groups is 1. The van der Waals surface area contributed by atoms with Gasteiger partial charge in [0.2, 0.25) is 5.89 Å². The van der Waals surface area contributed by atoms with Gasteiger partial charge in [0.25, 0.3) is 5.91 Å². The highest BCUT2D eigenvalue weighted by Crippen LogP contribution is 2.22. The van der Waals surface area contributed by atoms with Crippen LogP contribution in [0.3, 0.4) is 0 Å². The van der Waals surface area contributed by atoms with Gasteiger partial charge in [0.1, 0.15) is 5.76 Å². The van der Waals surface area contributed by atoms with Crippen molar-refractivity contribution < 1.29 is 13.9 Å². The van der Waals surface area contributed by atoms with E-state index in [4.69, 9.17) is 9.15 Å². The normalized spacial score (nSPS) is 10.6. The number of carbonyl (C=O) groups excluding carboxylic acids is 1. The van der Waals surface area contributed by atoms with Crippen molar-refractivity contribution in [1.29, 1.82) is 0 Å². The number of methoxy groups -OCH3 is 1. The molecule has 21 heavy (non-hydrogen) atoms. The zero-order valence-electron chi connectivity index (χ0n) is 12.6. The topological polar surface area (TPSA) is 64.4 Å². The molecule has 0 aliphatic carbocycles. The van der Waals surface area contributed by atoms with Crippen LogP contribution in [-0.2, 0) is 4.74 Å². The van der Waals surface area contributed by atoms with Gasteiger partial charge in [-0.1, -0.05) is 17.7 Å². The molecule has 2 aromatic rings. The summed E-state index contributed by atoms with van der Waals surface area (Å²) < 4.78 is 10.5. The molecule has 0 unspecified atom stereocenters. The van der Waals surface area contributed by atoms with E-state index in [1.165, 1.54) is 0 Å². The first kappa shape index (κ1) is 15.3. The van der Waals surface area contributed by atoms with Gasteiger partial charge >= 0.3 is 0 Å². The predicted octanol–water partition coefficient (Wildman–Crippen LogP) is 2.72. The first-order chi connectivity index (χ1) is 10.1. The molecule has 5 nitrogen and oxygen atoms in total. The Morgan fingerprint density at radius 2 is 2.19 bits per heavy atom. The molecule has 1 N–H and O–H groups in total. The third-order valence-electron chi connectivity index (χ3n) is 3.09. The third kappa shape index (κ3) is 3.92. The van der Waals surface area contributed by atoms with Gasteiger partial charge in [-0.25, -0.2) is 4.98 Å². The summed E-state index contributed by atoms with van der Waals surface area (Å²) in [6, 6.07) is 7.83. The first-order valence-electron chi connectivity index (χ1n) is 6.93. The van der Waals surface area contributed by atoms with Gasteiger partial charge < -0.3 is 14.5 Å². The van der Waals surface area contributed by atoms with Crippen LogP contribution in [0.4, 0.5) is 0 Å². The molecule has 0 saturated carbocycles. The fourth-order valence-electron chi connectivity index (χ4n) is 2.01. The fourth-order valence-corrected chi connectivity index (χ4v) is 2.01. The number of amides is 1. The maximum absolute atomic E-state index is 12.1. The number of oxazole rings is 1. The molecule has 0 fully saturated rings. The molecule has 0 atom stereocenters. The number of aromatic nitrogens is 1. The molecule has 0 aliphatic rings.